The van der Waals surface area contributed by atoms with Gasteiger partial charge in [-0.3, -0.25) is 4.68 Å². The largest absolute Gasteiger partial charge is 0.476 e. The van der Waals surface area contributed by atoms with Gasteiger partial charge in [0.05, 0.1) is 11.1 Å². The number of carbonyl (C=O) groups is 1. The summed E-state index contributed by atoms with van der Waals surface area (Å²) in [6.07, 6.45) is -4.62. The fraction of sp³-hybridized carbons (Fsp3) is 0.167. The molecule has 0 aliphatic rings. The minimum Gasteiger partial charge on any atom is -0.476 e. The highest BCUT2D eigenvalue weighted by Crippen LogP contribution is 2.40. The quantitative estimate of drug-likeness (QED) is 0.887. The average molecular weight is 285 g/mol. The van der Waals surface area contributed by atoms with Crippen LogP contribution in [0.25, 0.3) is 11.1 Å². The molecular formula is C12H10F3N3O2. The molecule has 0 spiro atoms. The van der Waals surface area contributed by atoms with Crippen LogP contribution in [-0.4, -0.2) is 20.9 Å². The Morgan fingerprint density at radius 2 is 1.95 bits per heavy atom. The van der Waals surface area contributed by atoms with E-state index < -0.39 is 23.4 Å². The summed E-state index contributed by atoms with van der Waals surface area (Å²) in [5.41, 5.74) is 3.66. The van der Waals surface area contributed by atoms with Crippen LogP contribution < -0.4 is 5.73 Å². The highest BCUT2D eigenvalue weighted by Gasteiger charge is 2.35. The number of hydrogen-bond donors (Lipinski definition) is 2. The van der Waals surface area contributed by atoms with Crippen LogP contribution in [0.1, 0.15) is 16.1 Å². The van der Waals surface area contributed by atoms with Crippen LogP contribution in [0, 0.1) is 0 Å². The number of aryl methyl sites for hydroxylation is 1. The van der Waals surface area contributed by atoms with E-state index in [0.29, 0.717) is 0 Å². The number of benzene rings is 1. The van der Waals surface area contributed by atoms with Gasteiger partial charge in [0.25, 0.3) is 0 Å². The lowest BCUT2D eigenvalue weighted by Crippen LogP contribution is -2.09. The number of aromatic nitrogens is 2. The first-order valence-electron chi connectivity index (χ1n) is 5.46. The van der Waals surface area contributed by atoms with Crippen molar-refractivity contribution in [3.05, 3.63) is 35.5 Å². The number of anilines is 1. The number of nitrogen functional groups attached to an aromatic ring is 1. The van der Waals surface area contributed by atoms with Gasteiger partial charge in [-0.05, 0) is 6.07 Å². The molecule has 106 valence electrons. The Hall–Kier alpha value is -2.51. The van der Waals surface area contributed by atoms with Gasteiger partial charge < -0.3 is 10.8 Å². The summed E-state index contributed by atoms with van der Waals surface area (Å²) >= 11 is 0. The van der Waals surface area contributed by atoms with E-state index >= 15 is 0 Å². The first kappa shape index (κ1) is 13.9. The first-order valence-corrected chi connectivity index (χ1v) is 5.46. The Labute approximate surface area is 111 Å². The lowest BCUT2D eigenvalue weighted by molar-refractivity contribution is -0.137. The topological polar surface area (TPSA) is 81.1 Å². The normalized spacial score (nSPS) is 11.6. The molecule has 3 N–H and O–H groups in total. The number of hydrogen-bond acceptors (Lipinski definition) is 3. The molecule has 0 unspecified atom stereocenters. The molecule has 5 nitrogen and oxygen atoms in total. The van der Waals surface area contributed by atoms with Crippen LogP contribution in [0.2, 0.25) is 0 Å². The number of carboxylic acids is 1. The van der Waals surface area contributed by atoms with E-state index in [9.17, 15) is 18.0 Å². The van der Waals surface area contributed by atoms with Gasteiger partial charge in [-0.25, -0.2) is 4.79 Å². The van der Waals surface area contributed by atoms with Crippen molar-refractivity contribution >= 4 is 11.8 Å². The van der Waals surface area contributed by atoms with Gasteiger partial charge >= 0.3 is 12.1 Å². The number of halogens is 3. The second-order valence-electron chi connectivity index (χ2n) is 4.08. The van der Waals surface area contributed by atoms with Gasteiger partial charge in [-0.2, -0.15) is 18.3 Å². The molecule has 1 aromatic carbocycles. The average Bonchev–Trinajstić information content (AvgIpc) is 2.65. The van der Waals surface area contributed by atoms with Crippen LogP contribution in [-0.2, 0) is 13.2 Å². The molecule has 1 heterocycles. The Balaban J connectivity index is 2.79. The van der Waals surface area contributed by atoms with Crippen molar-refractivity contribution in [2.75, 3.05) is 5.73 Å². The zero-order valence-corrected chi connectivity index (χ0v) is 10.3. The zero-order valence-electron chi connectivity index (χ0n) is 10.3. The lowest BCUT2D eigenvalue weighted by Gasteiger charge is -2.12. The number of rotatable bonds is 2. The number of carboxylic acid groups (broad SMARTS) is 1. The second kappa shape index (κ2) is 4.55. The van der Waals surface area contributed by atoms with Crippen LogP contribution >= 0.6 is 0 Å². The standard InChI is InChI=1S/C12H10F3N3O2/c1-18-10(16)8(9(17-18)11(19)20)6-4-2-3-5-7(6)12(13,14)15/h2-5H,16H2,1H3,(H,19,20). The Kier molecular flexibility index (Phi) is 3.16. The highest BCUT2D eigenvalue weighted by atomic mass is 19.4. The Morgan fingerprint density at radius 1 is 1.35 bits per heavy atom. The maximum absolute atomic E-state index is 13.0. The minimum atomic E-state index is -4.62. The van der Waals surface area contributed by atoms with Gasteiger partial charge in [0.1, 0.15) is 5.82 Å². The van der Waals surface area contributed by atoms with Crippen molar-refractivity contribution < 1.29 is 23.1 Å². The van der Waals surface area contributed by atoms with Gasteiger partial charge in [0.2, 0.25) is 0 Å². The number of nitrogens with zero attached hydrogens (tertiary/aromatic N) is 2. The van der Waals surface area contributed by atoms with E-state index in [-0.39, 0.29) is 16.9 Å². The second-order valence-corrected chi connectivity index (χ2v) is 4.08. The summed E-state index contributed by atoms with van der Waals surface area (Å²) in [7, 11) is 1.36. The molecule has 20 heavy (non-hydrogen) atoms. The summed E-state index contributed by atoms with van der Waals surface area (Å²) < 4.78 is 40.0. The van der Waals surface area contributed by atoms with Crippen LogP contribution in [0.5, 0.6) is 0 Å². The molecule has 0 saturated carbocycles. The molecule has 0 amide bonds. The fourth-order valence-corrected chi connectivity index (χ4v) is 1.90. The highest BCUT2D eigenvalue weighted by molar-refractivity contribution is 5.98. The number of aromatic carboxylic acids is 1. The van der Waals surface area contributed by atoms with Crippen molar-refractivity contribution in [1.82, 2.24) is 9.78 Å². The minimum absolute atomic E-state index is 0.140. The smallest absolute Gasteiger partial charge is 0.417 e. The van der Waals surface area contributed by atoms with Crippen molar-refractivity contribution in [3.8, 4) is 11.1 Å². The maximum atomic E-state index is 13.0. The summed E-state index contributed by atoms with van der Waals surface area (Å²) in [6, 6.07) is 4.64. The van der Waals surface area contributed by atoms with Crippen LogP contribution in [0.3, 0.4) is 0 Å². The third-order valence-corrected chi connectivity index (χ3v) is 2.80. The zero-order chi connectivity index (χ0) is 15.1. The Bertz CT molecular complexity index is 677. The molecule has 0 radical (unpaired) electrons. The van der Waals surface area contributed by atoms with E-state index in [1.807, 2.05) is 0 Å². The number of alkyl halides is 3. The third kappa shape index (κ3) is 2.20. The first-order chi connectivity index (χ1) is 9.23. The van der Waals surface area contributed by atoms with E-state index in [2.05, 4.69) is 5.10 Å². The van der Waals surface area contributed by atoms with Crippen molar-refractivity contribution in [3.63, 3.8) is 0 Å². The molecule has 0 aliphatic heterocycles. The molecule has 0 aliphatic carbocycles. The van der Waals surface area contributed by atoms with E-state index in [1.165, 1.54) is 25.2 Å². The van der Waals surface area contributed by atoms with Gasteiger partial charge in [0, 0.05) is 12.6 Å². The fourth-order valence-electron chi connectivity index (χ4n) is 1.90. The maximum Gasteiger partial charge on any atom is 0.417 e. The molecule has 0 fully saturated rings. The molecule has 8 heteroatoms. The molecule has 0 saturated heterocycles. The van der Waals surface area contributed by atoms with Gasteiger partial charge in [-0.1, -0.05) is 18.2 Å². The molecule has 0 atom stereocenters. The molecular weight excluding hydrogens is 275 g/mol. The predicted molar refractivity (Wildman–Crippen MR) is 65.0 cm³/mol. The molecule has 1 aromatic heterocycles. The van der Waals surface area contributed by atoms with Crippen molar-refractivity contribution in [2.24, 2.45) is 7.05 Å². The Morgan fingerprint density at radius 3 is 2.50 bits per heavy atom. The van der Waals surface area contributed by atoms with Crippen molar-refractivity contribution in [1.29, 1.82) is 0 Å². The summed E-state index contributed by atoms with van der Waals surface area (Å²) in [4.78, 5) is 11.1. The van der Waals surface area contributed by atoms with E-state index in [4.69, 9.17) is 10.8 Å². The lowest BCUT2D eigenvalue weighted by atomic mass is 9.99. The van der Waals surface area contributed by atoms with E-state index in [1.54, 1.807) is 0 Å². The number of nitrogens with two attached hydrogens (primary N) is 1. The third-order valence-electron chi connectivity index (χ3n) is 2.80. The van der Waals surface area contributed by atoms with Gasteiger partial charge in [-0.15, -0.1) is 0 Å². The van der Waals surface area contributed by atoms with Crippen molar-refractivity contribution in [2.45, 2.75) is 6.18 Å². The molecule has 0 bridgehead atoms. The monoisotopic (exact) mass is 285 g/mol. The van der Waals surface area contributed by atoms with Crippen LogP contribution in [0.15, 0.2) is 24.3 Å². The molecule has 2 aromatic rings. The van der Waals surface area contributed by atoms with Crippen LogP contribution in [0.4, 0.5) is 19.0 Å². The summed E-state index contributed by atoms with van der Waals surface area (Å²) in [6.45, 7) is 0. The molecule has 2 rings (SSSR count). The van der Waals surface area contributed by atoms with Gasteiger partial charge in [0.15, 0.2) is 5.69 Å². The summed E-state index contributed by atoms with van der Waals surface area (Å²) in [5.74, 6) is -1.58. The predicted octanol–water partition coefficient (Wildman–Crippen LogP) is 2.39. The SMILES string of the molecule is Cn1nc(C(=O)O)c(-c2ccccc2C(F)(F)F)c1N. The van der Waals surface area contributed by atoms with E-state index in [0.717, 1.165) is 10.7 Å². The summed E-state index contributed by atoms with van der Waals surface area (Å²) in [5, 5.41) is 12.7.